The summed E-state index contributed by atoms with van der Waals surface area (Å²) in [6.07, 6.45) is 4.29. The second kappa shape index (κ2) is 6.29. The fourth-order valence-electron chi connectivity index (χ4n) is 3.42. The number of amides is 1. The molecule has 4 heterocycles. The summed E-state index contributed by atoms with van der Waals surface area (Å²) in [5.74, 6) is 0.474. The predicted octanol–water partition coefficient (Wildman–Crippen LogP) is 0.254. The van der Waals surface area contributed by atoms with Crippen molar-refractivity contribution in [3.05, 3.63) is 36.5 Å². The molecule has 2 aliphatic heterocycles. The Labute approximate surface area is 139 Å². The maximum absolute atomic E-state index is 12.5. The summed E-state index contributed by atoms with van der Waals surface area (Å²) in [4.78, 5) is 19.3. The molecule has 8 heteroatoms. The van der Waals surface area contributed by atoms with Crippen molar-refractivity contribution in [1.29, 1.82) is 0 Å². The molecule has 2 saturated heterocycles. The monoisotopic (exact) mass is 328 g/mol. The Bertz CT molecular complexity index is 719. The molecule has 0 spiro atoms. The van der Waals surface area contributed by atoms with E-state index < -0.39 is 0 Å². The van der Waals surface area contributed by atoms with Gasteiger partial charge in [-0.1, -0.05) is 6.07 Å². The van der Waals surface area contributed by atoms with Gasteiger partial charge in [0.15, 0.2) is 0 Å². The van der Waals surface area contributed by atoms with Crippen LogP contribution in [0.25, 0.3) is 5.82 Å². The molecule has 126 valence electrons. The van der Waals surface area contributed by atoms with Gasteiger partial charge in [0.1, 0.15) is 24.2 Å². The lowest BCUT2D eigenvalue weighted by atomic mass is 10.1. The summed E-state index contributed by atoms with van der Waals surface area (Å²) < 4.78 is 7.38. The molecule has 1 amide bonds. The number of hydrogen-bond donors (Lipinski definition) is 1. The number of ether oxygens (including phenoxy) is 1. The van der Waals surface area contributed by atoms with E-state index in [9.17, 15) is 4.79 Å². The number of morpholine rings is 1. The molecule has 2 aromatic heterocycles. The molecule has 2 aromatic rings. The molecular weight excluding hydrogens is 308 g/mol. The van der Waals surface area contributed by atoms with Crippen LogP contribution in [-0.4, -0.2) is 68.4 Å². The summed E-state index contributed by atoms with van der Waals surface area (Å²) >= 11 is 0. The van der Waals surface area contributed by atoms with Crippen LogP contribution in [-0.2, 0) is 4.74 Å². The van der Waals surface area contributed by atoms with Crippen LogP contribution in [0.4, 0.5) is 0 Å². The largest absolute Gasteiger partial charge is 0.376 e. The normalized spacial score (nSPS) is 27.0. The first-order valence-electron chi connectivity index (χ1n) is 8.17. The van der Waals surface area contributed by atoms with Gasteiger partial charge in [-0.2, -0.15) is 0 Å². The van der Waals surface area contributed by atoms with Crippen LogP contribution < -0.4 is 5.32 Å². The van der Waals surface area contributed by atoms with E-state index in [1.165, 1.54) is 0 Å². The Balaban J connectivity index is 1.43. The minimum Gasteiger partial charge on any atom is -0.376 e. The van der Waals surface area contributed by atoms with Gasteiger partial charge in [-0.05, 0) is 25.5 Å². The van der Waals surface area contributed by atoms with Crippen LogP contribution in [0.5, 0.6) is 0 Å². The van der Waals surface area contributed by atoms with Crippen LogP contribution in [0.15, 0.2) is 30.9 Å². The van der Waals surface area contributed by atoms with E-state index in [4.69, 9.17) is 4.74 Å². The number of rotatable bonds is 3. The molecule has 0 unspecified atom stereocenters. The summed E-state index contributed by atoms with van der Waals surface area (Å²) in [5, 5.41) is 10.6. The molecule has 2 aliphatic rings. The van der Waals surface area contributed by atoms with Gasteiger partial charge in [0.25, 0.3) is 5.91 Å². The van der Waals surface area contributed by atoms with E-state index in [-0.39, 0.29) is 18.1 Å². The van der Waals surface area contributed by atoms with Crippen LogP contribution in [0.3, 0.4) is 0 Å². The van der Waals surface area contributed by atoms with E-state index in [0.717, 1.165) is 26.1 Å². The second-order valence-corrected chi connectivity index (χ2v) is 6.41. The zero-order chi connectivity index (χ0) is 16.5. The highest BCUT2D eigenvalue weighted by atomic mass is 16.5. The van der Waals surface area contributed by atoms with E-state index >= 15 is 0 Å². The number of carbonyl (C=O) groups is 1. The Morgan fingerprint density at radius 2 is 2.12 bits per heavy atom. The quantitative estimate of drug-likeness (QED) is 0.870. The molecule has 0 bridgehead atoms. The van der Waals surface area contributed by atoms with Crippen molar-refractivity contribution in [3.8, 4) is 5.82 Å². The Hall–Kier alpha value is -2.32. The van der Waals surface area contributed by atoms with Crippen LogP contribution in [0.1, 0.15) is 23.8 Å². The Morgan fingerprint density at radius 3 is 2.96 bits per heavy atom. The zero-order valence-electron chi connectivity index (χ0n) is 13.5. The van der Waals surface area contributed by atoms with Crippen LogP contribution in [0.2, 0.25) is 0 Å². The first-order chi connectivity index (χ1) is 11.7. The summed E-state index contributed by atoms with van der Waals surface area (Å²) in [6.45, 7) is 4.63. The fraction of sp³-hybridized carbons (Fsp3) is 0.500. The number of aromatic nitrogens is 4. The van der Waals surface area contributed by atoms with E-state index in [1.807, 2.05) is 12.1 Å². The summed E-state index contributed by atoms with van der Waals surface area (Å²) in [6, 6.07) is 5.88. The number of pyridine rings is 1. The first-order valence-corrected chi connectivity index (χ1v) is 8.17. The van der Waals surface area contributed by atoms with Crippen LogP contribution >= 0.6 is 0 Å². The van der Waals surface area contributed by atoms with E-state index in [2.05, 4.69) is 32.3 Å². The van der Waals surface area contributed by atoms with Crippen molar-refractivity contribution < 1.29 is 9.53 Å². The van der Waals surface area contributed by atoms with Crippen molar-refractivity contribution in [3.63, 3.8) is 0 Å². The number of nitrogens with one attached hydrogen (secondary N) is 1. The molecule has 1 N–H and O–H groups in total. The predicted molar refractivity (Wildman–Crippen MR) is 85.8 cm³/mol. The average molecular weight is 328 g/mol. The molecule has 0 saturated carbocycles. The van der Waals surface area contributed by atoms with Gasteiger partial charge in [-0.15, -0.1) is 10.2 Å². The fourth-order valence-corrected chi connectivity index (χ4v) is 3.42. The SMILES string of the molecule is C[C@H]1CN2C[C@H](NC(=O)c3cccc(-n4cnnc4)n3)C[C@H]2CO1. The van der Waals surface area contributed by atoms with Gasteiger partial charge < -0.3 is 10.1 Å². The lowest BCUT2D eigenvalue weighted by Gasteiger charge is -2.33. The zero-order valence-corrected chi connectivity index (χ0v) is 13.5. The van der Waals surface area contributed by atoms with Gasteiger partial charge in [0.05, 0.1) is 12.7 Å². The second-order valence-electron chi connectivity index (χ2n) is 6.41. The number of carbonyl (C=O) groups excluding carboxylic acids is 1. The topological polar surface area (TPSA) is 85.2 Å². The lowest BCUT2D eigenvalue weighted by molar-refractivity contribution is -0.0390. The molecule has 8 nitrogen and oxygen atoms in total. The third-order valence-corrected chi connectivity index (χ3v) is 4.58. The van der Waals surface area contributed by atoms with Crippen molar-refractivity contribution in [2.45, 2.75) is 31.5 Å². The van der Waals surface area contributed by atoms with Gasteiger partial charge in [-0.3, -0.25) is 14.3 Å². The minimum absolute atomic E-state index is 0.136. The molecule has 24 heavy (non-hydrogen) atoms. The number of fused-ring (bicyclic) bond motifs is 1. The molecule has 0 radical (unpaired) electrons. The maximum atomic E-state index is 12.5. The third-order valence-electron chi connectivity index (χ3n) is 4.58. The molecular formula is C16H20N6O2. The molecule has 2 fully saturated rings. The minimum atomic E-state index is -0.149. The van der Waals surface area contributed by atoms with Gasteiger partial charge >= 0.3 is 0 Å². The third kappa shape index (κ3) is 3.02. The number of nitrogens with zero attached hydrogens (tertiary/aromatic N) is 5. The summed E-state index contributed by atoms with van der Waals surface area (Å²) in [7, 11) is 0. The van der Waals surface area contributed by atoms with Gasteiger partial charge in [0.2, 0.25) is 0 Å². The first kappa shape index (κ1) is 15.2. The molecule has 0 aliphatic carbocycles. The van der Waals surface area contributed by atoms with Crippen molar-refractivity contribution in [2.75, 3.05) is 19.7 Å². The van der Waals surface area contributed by atoms with Crippen molar-refractivity contribution in [1.82, 2.24) is 30.0 Å². The highest BCUT2D eigenvalue weighted by Gasteiger charge is 2.36. The van der Waals surface area contributed by atoms with E-state index in [1.54, 1.807) is 23.3 Å². The van der Waals surface area contributed by atoms with Gasteiger partial charge in [0, 0.05) is 25.2 Å². The van der Waals surface area contributed by atoms with Gasteiger partial charge in [-0.25, -0.2) is 4.98 Å². The summed E-state index contributed by atoms with van der Waals surface area (Å²) in [5.41, 5.74) is 0.399. The van der Waals surface area contributed by atoms with Crippen molar-refractivity contribution in [2.24, 2.45) is 0 Å². The average Bonchev–Trinajstić information content (AvgIpc) is 3.23. The highest BCUT2D eigenvalue weighted by molar-refractivity contribution is 5.92. The van der Waals surface area contributed by atoms with Crippen molar-refractivity contribution >= 4 is 5.91 Å². The smallest absolute Gasteiger partial charge is 0.270 e. The Kier molecular flexibility index (Phi) is 3.99. The number of hydrogen-bond acceptors (Lipinski definition) is 6. The van der Waals surface area contributed by atoms with Crippen LogP contribution in [0, 0.1) is 0 Å². The van der Waals surface area contributed by atoms with E-state index in [0.29, 0.717) is 17.6 Å². The maximum Gasteiger partial charge on any atom is 0.270 e. The standard InChI is InChI=1S/C16H20N6O2/c1-11-6-21-7-12(5-13(21)8-24-11)19-16(23)14-3-2-4-15(20-14)22-9-17-18-10-22/h2-4,9-13H,5-8H2,1H3,(H,19,23)/t11-,12+,13-/m0/s1. The molecule has 3 atom stereocenters. The lowest BCUT2D eigenvalue weighted by Crippen LogP contribution is -2.45. The molecule has 0 aromatic carbocycles. The highest BCUT2D eigenvalue weighted by Crippen LogP contribution is 2.23. The molecule has 4 rings (SSSR count). The Morgan fingerprint density at radius 1 is 1.29 bits per heavy atom.